The van der Waals surface area contributed by atoms with Crippen molar-refractivity contribution < 1.29 is 23.9 Å². The van der Waals surface area contributed by atoms with E-state index in [9.17, 15) is 19.2 Å². The number of imide groups is 1. The molecule has 0 unspecified atom stereocenters. The van der Waals surface area contributed by atoms with Crippen LogP contribution in [0.1, 0.15) is 45.1 Å². The van der Waals surface area contributed by atoms with Gasteiger partial charge in [-0.2, -0.15) is 0 Å². The quantitative estimate of drug-likeness (QED) is 0.582. The van der Waals surface area contributed by atoms with Gasteiger partial charge in [-0.3, -0.25) is 19.3 Å². The maximum atomic E-state index is 12.9. The molecule has 2 aliphatic rings. The first kappa shape index (κ1) is 20.8. The molecule has 1 saturated carbocycles. The number of rotatable bonds is 5. The predicted molar refractivity (Wildman–Crippen MR) is 106 cm³/mol. The molecular formula is C21H27N3O5. The number of esters is 1. The molecule has 1 aromatic carbocycles. The molecule has 1 aromatic rings. The molecule has 3 atom stereocenters. The Balaban J connectivity index is 1.57. The van der Waals surface area contributed by atoms with Crippen molar-refractivity contribution in [2.24, 2.45) is 5.92 Å². The molecule has 4 amide bonds. The Morgan fingerprint density at radius 2 is 1.97 bits per heavy atom. The highest BCUT2D eigenvalue weighted by Gasteiger charge is 2.55. The Morgan fingerprint density at radius 1 is 1.28 bits per heavy atom. The van der Waals surface area contributed by atoms with E-state index in [0.717, 1.165) is 29.7 Å². The lowest BCUT2D eigenvalue weighted by molar-refractivity contribution is -0.155. The zero-order valence-electron chi connectivity index (χ0n) is 17.0. The summed E-state index contributed by atoms with van der Waals surface area (Å²) in [4.78, 5) is 50.6. The normalized spacial score (nSPS) is 24.9. The highest BCUT2D eigenvalue weighted by molar-refractivity contribution is 6.09. The van der Waals surface area contributed by atoms with Gasteiger partial charge in [0.2, 0.25) is 0 Å². The second-order valence-corrected chi connectivity index (χ2v) is 7.93. The van der Waals surface area contributed by atoms with E-state index < -0.39 is 36.1 Å². The van der Waals surface area contributed by atoms with Crippen molar-refractivity contribution in [2.75, 3.05) is 11.9 Å². The van der Waals surface area contributed by atoms with Gasteiger partial charge in [-0.15, -0.1) is 0 Å². The fourth-order valence-electron chi connectivity index (χ4n) is 3.94. The van der Waals surface area contributed by atoms with Crippen LogP contribution in [-0.4, -0.2) is 46.9 Å². The molecule has 0 bridgehead atoms. The molecule has 1 heterocycles. The number of benzene rings is 1. The number of nitrogens with zero attached hydrogens (tertiary/aromatic N) is 1. The number of anilines is 1. The van der Waals surface area contributed by atoms with Crippen LogP contribution < -0.4 is 10.6 Å². The van der Waals surface area contributed by atoms with Crippen molar-refractivity contribution in [1.29, 1.82) is 0 Å². The summed E-state index contributed by atoms with van der Waals surface area (Å²) in [6, 6.07) is 6.62. The minimum atomic E-state index is -1.06. The highest BCUT2D eigenvalue weighted by atomic mass is 16.5. The smallest absolute Gasteiger partial charge is 0.327 e. The summed E-state index contributed by atoms with van der Waals surface area (Å²) in [5.41, 5.74) is 0.719. The SMILES string of the molecule is Cc1ccc(NC(=O)[C@@H](C)OC(=O)CN2C(=O)N[C@]3(CCCC[C@@H]3C)C2=O)cc1. The molecule has 1 spiro atoms. The predicted octanol–water partition coefficient (Wildman–Crippen LogP) is 2.37. The Hall–Kier alpha value is -2.90. The second kappa shape index (κ2) is 8.23. The highest BCUT2D eigenvalue weighted by Crippen LogP contribution is 2.38. The summed E-state index contributed by atoms with van der Waals surface area (Å²) in [5.74, 6) is -1.67. The van der Waals surface area contributed by atoms with Gasteiger partial charge in [-0.1, -0.05) is 37.5 Å². The molecule has 3 rings (SSSR count). The Bertz CT molecular complexity index is 822. The first-order chi connectivity index (χ1) is 13.7. The van der Waals surface area contributed by atoms with Crippen LogP contribution in [0.15, 0.2) is 24.3 Å². The lowest BCUT2D eigenvalue weighted by Crippen LogP contribution is -2.54. The zero-order valence-corrected chi connectivity index (χ0v) is 17.0. The lowest BCUT2D eigenvalue weighted by atomic mass is 9.73. The number of hydrogen-bond donors (Lipinski definition) is 2. The number of aryl methyl sites for hydroxylation is 1. The average molecular weight is 401 g/mol. The number of amides is 4. The van der Waals surface area contributed by atoms with Crippen LogP contribution in [0.4, 0.5) is 10.5 Å². The maximum Gasteiger partial charge on any atom is 0.327 e. The molecule has 29 heavy (non-hydrogen) atoms. The Labute approximate surface area is 170 Å². The molecule has 0 radical (unpaired) electrons. The van der Waals surface area contributed by atoms with E-state index in [1.165, 1.54) is 6.92 Å². The molecular weight excluding hydrogens is 374 g/mol. The van der Waals surface area contributed by atoms with Crippen molar-refractivity contribution in [3.63, 3.8) is 0 Å². The molecule has 0 aromatic heterocycles. The van der Waals surface area contributed by atoms with Gasteiger partial charge >= 0.3 is 12.0 Å². The van der Waals surface area contributed by atoms with Gasteiger partial charge in [0.25, 0.3) is 11.8 Å². The zero-order chi connectivity index (χ0) is 21.2. The second-order valence-electron chi connectivity index (χ2n) is 7.93. The van der Waals surface area contributed by atoms with Crippen molar-refractivity contribution >= 4 is 29.5 Å². The summed E-state index contributed by atoms with van der Waals surface area (Å²) in [7, 11) is 0. The Kier molecular flexibility index (Phi) is 5.91. The molecule has 2 fully saturated rings. The molecule has 2 N–H and O–H groups in total. The molecule has 1 saturated heterocycles. The minimum Gasteiger partial charge on any atom is -0.451 e. The molecule has 1 aliphatic carbocycles. The number of carbonyl (C=O) groups excluding carboxylic acids is 4. The monoisotopic (exact) mass is 401 g/mol. The topological polar surface area (TPSA) is 105 Å². The molecule has 156 valence electrons. The van der Waals surface area contributed by atoms with E-state index in [0.29, 0.717) is 12.1 Å². The van der Waals surface area contributed by atoms with E-state index >= 15 is 0 Å². The minimum absolute atomic E-state index is 0.00734. The van der Waals surface area contributed by atoms with Gasteiger partial charge in [0, 0.05) is 5.69 Å². The summed E-state index contributed by atoms with van der Waals surface area (Å²) in [6.45, 7) is 4.81. The Morgan fingerprint density at radius 3 is 2.62 bits per heavy atom. The van der Waals surface area contributed by atoms with Gasteiger partial charge < -0.3 is 15.4 Å². The average Bonchev–Trinajstić information content (AvgIpc) is 2.91. The van der Waals surface area contributed by atoms with Crippen LogP contribution in [0.3, 0.4) is 0 Å². The van der Waals surface area contributed by atoms with Gasteiger partial charge in [-0.25, -0.2) is 4.79 Å². The van der Waals surface area contributed by atoms with Crippen molar-refractivity contribution in [2.45, 2.75) is 58.1 Å². The fraction of sp³-hybridized carbons (Fsp3) is 0.524. The molecule has 1 aliphatic heterocycles. The van der Waals surface area contributed by atoms with Crippen LogP contribution >= 0.6 is 0 Å². The van der Waals surface area contributed by atoms with Gasteiger partial charge in [0.05, 0.1) is 0 Å². The first-order valence-corrected chi connectivity index (χ1v) is 9.94. The lowest BCUT2D eigenvalue weighted by Gasteiger charge is -2.36. The third-order valence-corrected chi connectivity index (χ3v) is 5.79. The van der Waals surface area contributed by atoms with Crippen LogP contribution in [0.2, 0.25) is 0 Å². The summed E-state index contributed by atoms with van der Waals surface area (Å²) in [6.07, 6.45) is 2.22. The summed E-state index contributed by atoms with van der Waals surface area (Å²) >= 11 is 0. The standard InChI is InChI=1S/C21H27N3O5/c1-13-7-9-16(10-8-13)22-18(26)15(3)29-17(25)12-24-19(27)21(23-20(24)28)11-5-4-6-14(21)2/h7-10,14-15H,4-6,11-12H2,1-3H3,(H,22,26)(H,23,28)/t14-,15+,21-/m0/s1. The van der Waals surface area contributed by atoms with Gasteiger partial charge in [-0.05, 0) is 44.7 Å². The first-order valence-electron chi connectivity index (χ1n) is 9.94. The van der Waals surface area contributed by atoms with E-state index in [1.54, 1.807) is 12.1 Å². The van der Waals surface area contributed by atoms with E-state index in [-0.39, 0.29) is 11.8 Å². The number of urea groups is 1. The van der Waals surface area contributed by atoms with Crippen LogP contribution in [0.25, 0.3) is 0 Å². The van der Waals surface area contributed by atoms with Crippen molar-refractivity contribution in [1.82, 2.24) is 10.2 Å². The fourth-order valence-corrected chi connectivity index (χ4v) is 3.94. The van der Waals surface area contributed by atoms with Gasteiger partial charge in [0.15, 0.2) is 6.10 Å². The van der Waals surface area contributed by atoms with E-state index in [1.807, 2.05) is 26.0 Å². The van der Waals surface area contributed by atoms with Crippen molar-refractivity contribution in [3.05, 3.63) is 29.8 Å². The largest absolute Gasteiger partial charge is 0.451 e. The maximum absolute atomic E-state index is 12.9. The van der Waals surface area contributed by atoms with Crippen LogP contribution in [-0.2, 0) is 19.1 Å². The van der Waals surface area contributed by atoms with Crippen LogP contribution in [0.5, 0.6) is 0 Å². The molecule has 8 nitrogen and oxygen atoms in total. The summed E-state index contributed by atoms with van der Waals surface area (Å²) < 4.78 is 5.14. The van der Waals surface area contributed by atoms with E-state index in [4.69, 9.17) is 4.74 Å². The number of ether oxygens (including phenoxy) is 1. The number of hydrogen-bond acceptors (Lipinski definition) is 5. The van der Waals surface area contributed by atoms with E-state index in [2.05, 4.69) is 10.6 Å². The number of nitrogens with one attached hydrogen (secondary N) is 2. The number of carbonyl (C=O) groups is 4. The third kappa shape index (κ3) is 4.26. The van der Waals surface area contributed by atoms with Crippen LogP contribution in [0, 0.1) is 12.8 Å². The molecule has 8 heteroatoms. The third-order valence-electron chi connectivity index (χ3n) is 5.79. The van der Waals surface area contributed by atoms with Crippen molar-refractivity contribution in [3.8, 4) is 0 Å². The van der Waals surface area contributed by atoms with Gasteiger partial charge in [0.1, 0.15) is 12.1 Å². The summed E-state index contributed by atoms with van der Waals surface area (Å²) in [5, 5.41) is 5.45.